The van der Waals surface area contributed by atoms with E-state index in [0.29, 0.717) is 0 Å². The molecule has 1 heterocycles. The number of rotatable bonds is 5. The van der Waals surface area contributed by atoms with Gasteiger partial charge in [0.2, 0.25) is 0 Å². The van der Waals surface area contributed by atoms with Crippen LogP contribution in [0.2, 0.25) is 0 Å². The molecule has 2 nitrogen and oxygen atoms in total. The smallest absolute Gasteiger partial charge is 0.0584 e. The van der Waals surface area contributed by atoms with Crippen molar-refractivity contribution in [1.82, 2.24) is 5.32 Å². The van der Waals surface area contributed by atoms with Crippen LogP contribution < -0.4 is 5.32 Å². The highest BCUT2D eigenvalue weighted by Gasteiger charge is 2.03. The van der Waals surface area contributed by atoms with Gasteiger partial charge >= 0.3 is 0 Å². The van der Waals surface area contributed by atoms with E-state index in [1.165, 1.54) is 9.75 Å². The largest absolute Gasteiger partial charge is 0.395 e. The van der Waals surface area contributed by atoms with Gasteiger partial charge in [0.15, 0.2) is 0 Å². The van der Waals surface area contributed by atoms with Crippen LogP contribution in [-0.4, -0.2) is 17.8 Å². The zero-order chi connectivity index (χ0) is 9.68. The van der Waals surface area contributed by atoms with Crippen LogP contribution in [0.5, 0.6) is 0 Å². The van der Waals surface area contributed by atoms with Crippen molar-refractivity contribution in [2.24, 2.45) is 0 Å². The molecule has 0 amide bonds. The second-order valence-corrected chi connectivity index (χ2v) is 4.55. The minimum Gasteiger partial charge on any atom is -0.395 e. The number of hydrogen-bond acceptors (Lipinski definition) is 3. The van der Waals surface area contributed by atoms with Crippen molar-refractivity contribution in [2.75, 3.05) is 6.61 Å². The van der Waals surface area contributed by atoms with Crippen molar-refractivity contribution >= 4 is 11.3 Å². The number of nitrogens with one attached hydrogen (secondary N) is 1. The second kappa shape index (κ2) is 5.37. The van der Waals surface area contributed by atoms with E-state index in [1.54, 1.807) is 11.3 Å². The third-order valence-electron chi connectivity index (χ3n) is 2.07. The standard InChI is InChI=1S/C10H17NOS/c1-3-9(7-12)11-6-10-5-4-8(2)13-10/h4-5,9,11-12H,3,6-7H2,1-2H3/t9-/m1/s1. The van der Waals surface area contributed by atoms with Crippen molar-refractivity contribution in [2.45, 2.75) is 32.9 Å². The van der Waals surface area contributed by atoms with Gasteiger partial charge in [-0.25, -0.2) is 0 Å². The molecule has 0 saturated carbocycles. The summed E-state index contributed by atoms with van der Waals surface area (Å²) in [6, 6.07) is 4.50. The number of aliphatic hydroxyl groups is 1. The first-order valence-corrected chi connectivity index (χ1v) is 5.47. The van der Waals surface area contributed by atoms with Crippen LogP contribution in [0.15, 0.2) is 12.1 Å². The summed E-state index contributed by atoms with van der Waals surface area (Å²) in [6.45, 7) is 5.28. The molecule has 1 rings (SSSR count). The van der Waals surface area contributed by atoms with E-state index in [1.807, 2.05) is 0 Å². The van der Waals surface area contributed by atoms with Crippen molar-refractivity contribution in [3.8, 4) is 0 Å². The van der Waals surface area contributed by atoms with Crippen molar-refractivity contribution in [3.63, 3.8) is 0 Å². The Hall–Kier alpha value is -0.380. The van der Waals surface area contributed by atoms with Crippen LogP contribution >= 0.6 is 11.3 Å². The summed E-state index contributed by atoms with van der Waals surface area (Å²) in [4.78, 5) is 2.68. The van der Waals surface area contributed by atoms with Crippen molar-refractivity contribution in [1.29, 1.82) is 0 Å². The zero-order valence-corrected chi connectivity index (χ0v) is 9.03. The van der Waals surface area contributed by atoms with Gasteiger partial charge in [-0.2, -0.15) is 0 Å². The maximum Gasteiger partial charge on any atom is 0.0584 e. The normalized spacial score (nSPS) is 13.2. The second-order valence-electron chi connectivity index (χ2n) is 3.18. The molecule has 0 bridgehead atoms. The Bertz CT molecular complexity index is 243. The molecule has 74 valence electrons. The van der Waals surface area contributed by atoms with Crippen LogP contribution in [0.25, 0.3) is 0 Å². The molecule has 0 aromatic carbocycles. The van der Waals surface area contributed by atoms with Gasteiger partial charge < -0.3 is 10.4 Å². The van der Waals surface area contributed by atoms with Crippen LogP contribution in [-0.2, 0) is 6.54 Å². The maximum absolute atomic E-state index is 8.95. The molecule has 0 aliphatic rings. The van der Waals surface area contributed by atoms with Gasteiger partial charge in [-0.05, 0) is 25.5 Å². The Morgan fingerprint density at radius 1 is 1.54 bits per heavy atom. The topological polar surface area (TPSA) is 32.3 Å². The Labute approximate surface area is 83.6 Å². The fourth-order valence-corrected chi connectivity index (χ4v) is 2.00. The Kier molecular flexibility index (Phi) is 4.42. The molecule has 3 heteroatoms. The zero-order valence-electron chi connectivity index (χ0n) is 8.21. The number of hydrogen-bond donors (Lipinski definition) is 2. The molecule has 0 spiro atoms. The summed E-state index contributed by atoms with van der Waals surface area (Å²) < 4.78 is 0. The van der Waals surface area contributed by atoms with Crippen LogP contribution in [0.4, 0.5) is 0 Å². The fourth-order valence-electron chi connectivity index (χ4n) is 1.16. The minimum atomic E-state index is 0.223. The molecular formula is C10H17NOS. The van der Waals surface area contributed by atoms with Crippen molar-refractivity contribution < 1.29 is 5.11 Å². The van der Waals surface area contributed by atoms with E-state index in [0.717, 1.165) is 13.0 Å². The molecule has 0 aliphatic heterocycles. The summed E-state index contributed by atoms with van der Waals surface area (Å²) in [5.41, 5.74) is 0. The summed E-state index contributed by atoms with van der Waals surface area (Å²) in [6.07, 6.45) is 0.973. The number of aryl methyl sites for hydroxylation is 1. The van der Waals surface area contributed by atoms with Crippen LogP contribution in [0.3, 0.4) is 0 Å². The molecule has 0 fully saturated rings. The average molecular weight is 199 g/mol. The Morgan fingerprint density at radius 2 is 2.31 bits per heavy atom. The molecule has 0 radical (unpaired) electrons. The number of aliphatic hydroxyl groups excluding tert-OH is 1. The first-order chi connectivity index (χ1) is 6.26. The molecule has 2 N–H and O–H groups in total. The molecule has 1 atom stereocenters. The molecule has 0 saturated heterocycles. The molecular weight excluding hydrogens is 182 g/mol. The molecule has 1 aromatic rings. The Morgan fingerprint density at radius 3 is 2.77 bits per heavy atom. The maximum atomic E-state index is 8.95. The monoisotopic (exact) mass is 199 g/mol. The van der Waals surface area contributed by atoms with Gasteiger partial charge in [0, 0.05) is 22.3 Å². The highest BCUT2D eigenvalue weighted by molar-refractivity contribution is 7.11. The van der Waals surface area contributed by atoms with Gasteiger partial charge in [0.1, 0.15) is 0 Å². The SMILES string of the molecule is CC[C@H](CO)NCc1ccc(C)s1. The summed E-state index contributed by atoms with van der Waals surface area (Å²) in [5, 5.41) is 12.3. The van der Waals surface area contributed by atoms with E-state index < -0.39 is 0 Å². The third kappa shape index (κ3) is 3.46. The lowest BCUT2D eigenvalue weighted by Gasteiger charge is -2.12. The molecule has 0 aliphatic carbocycles. The number of thiophene rings is 1. The Balaban J connectivity index is 2.33. The lowest BCUT2D eigenvalue weighted by Crippen LogP contribution is -2.30. The predicted octanol–water partition coefficient (Wildman–Crippen LogP) is 1.92. The van der Waals surface area contributed by atoms with Crippen molar-refractivity contribution in [3.05, 3.63) is 21.9 Å². The van der Waals surface area contributed by atoms with Gasteiger partial charge in [0.05, 0.1) is 6.61 Å². The third-order valence-corrected chi connectivity index (χ3v) is 3.07. The quantitative estimate of drug-likeness (QED) is 0.759. The van der Waals surface area contributed by atoms with Crippen LogP contribution in [0, 0.1) is 6.92 Å². The fraction of sp³-hybridized carbons (Fsp3) is 0.600. The van der Waals surface area contributed by atoms with E-state index in [2.05, 4.69) is 31.3 Å². The molecule has 13 heavy (non-hydrogen) atoms. The summed E-state index contributed by atoms with van der Waals surface area (Å²) in [7, 11) is 0. The van der Waals surface area contributed by atoms with E-state index >= 15 is 0 Å². The van der Waals surface area contributed by atoms with Gasteiger partial charge in [-0.3, -0.25) is 0 Å². The average Bonchev–Trinajstić information content (AvgIpc) is 2.53. The molecule has 1 aromatic heterocycles. The molecule has 0 unspecified atom stereocenters. The van der Waals surface area contributed by atoms with Gasteiger partial charge in [-0.1, -0.05) is 6.92 Å². The predicted molar refractivity (Wildman–Crippen MR) is 57.1 cm³/mol. The van der Waals surface area contributed by atoms with Crippen LogP contribution in [0.1, 0.15) is 23.1 Å². The summed E-state index contributed by atoms with van der Waals surface area (Å²) >= 11 is 1.81. The van der Waals surface area contributed by atoms with E-state index in [4.69, 9.17) is 5.11 Å². The minimum absolute atomic E-state index is 0.223. The highest BCUT2D eigenvalue weighted by atomic mass is 32.1. The summed E-state index contributed by atoms with van der Waals surface area (Å²) in [5.74, 6) is 0. The lowest BCUT2D eigenvalue weighted by molar-refractivity contribution is 0.238. The van der Waals surface area contributed by atoms with E-state index in [-0.39, 0.29) is 12.6 Å². The lowest BCUT2D eigenvalue weighted by atomic mass is 10.2. The first kappa shape index (κ1) is 10.7. The highest BCUT2D eigenvalue weighted by Crippen LogP contribution is 2.14. The first-order valence-electron chi connectivity index (χ1n) is 4.65. The van der Waals surface area contributed by atoms with E-state index in [9.17, 15) is 0 Å². The van der Waals surface area contributed by atoms with Gasteiger partial charge in [-0.15, -0.1) is 11.3 Å². The van der Waals surface area contributed by atoms with Gasteiger partial charge in [0.25, 0.3) is 0 Å².